The number of carbonyl (C=O) groups excluding carboxylic acids is 1. The van der Waals surface area contributed by atoms with E-state index in [2.05, 4.69) is 27.5 Å². The average Bonchev–Trinajstić information content (AvgIpc) is 2.30. The van der Waals surface area contributed by atoms with E-state index in [4.69, 9.17) is 11.6 Å². The Morgan fingerprint density at radius 3 is 2.82 bits per heavy atom. The fourth-order valence-corrected chi connectivity index (χ4v) is 1.67. The number of halogens is 1. The number of nitrogens with one attached hydrogen (secondary N) is 2. The maximum Gasteiger partial charge on any atom is 0.239 e. The van der Waals surface area contributed by atoms with Crippen molar-refractivity contribution in [1.82, 2.24) is 15.3 Å². The molecule has 0 aliphatic heterocycles. The minimum Gasteiger partial charge on any atom is -0.361 e. The molecule has 0 saturated carbocycles. The third-order valence-electron chi connectivity index (χ3n) is 2.18. The average molecular weight is 257 g/mol. The van der Waals surface area contributed by atoms with Gasteiger partial charge >= 0.3 is 0 Å². The molecule has 2 N–H and O–H groups in total. The molecule has 1 heterocycles. The summed E-state index contributed by atoms with van der Waals surface area (Å²) in [4.78, 5) is 19.4. The number of nitrogens with zero attached hydrogens (tertiary/aromatic N) is 2. The second kappa shape index (κ2) is 7.06. The number of anilines is 1. The third-order valence-corrected chi connectivity index (χ3v) is 2.51. The Morgan fingerprint density at radius 1 is 1.41 bits per heavy atom. The van der Waals surface area contributed by atoms with Gasteiger partial charge in [0.25, 0.3) is 0 Å². The van der Waals surface area contributed by atoms with Gasteiger partial charge in [0.15, 0.2) is 0 Å². The van der Waals surface area contributed by atoms with Crippen LogP contribution in [0.15, 0.2) is 6.33 Å². The van der Waals surface area contributed by atoms with Crippen molar-refractivity contribution in [2.24, 2.45) is 0 Å². The van der Waals surface area contributed by atoms with Crippen LogP contribution < -0.4 is 10.6 Å². The van der Waals surface area contributed by atoms with Gasteiger partial charge in [-0.1, -0.05) is 24.9 Å². The topological polar surface area (TPSA) is 66.9 Å². The van der Waals surface area contributed by atoms with Crippen molar-refractivity contribution in [1.29, 1.82) is 0 Å². The molecule has 0 saturated heterocycles. The lowest BCUT2D eigenvalue weighted by Gasteiger charge is -2.10. The normalized spacial score (nSPS) is 10.1. The van der Waals surface area contributed by atoms with Crippen LogP contribution in [0.1, 0.15) is 25.8 Å². The first-order valence-electron chi connectivity index (χ1n) is 5.69. The highest BCUT2D eigenvalue weighted by Gasteiger charge is 2.09. The third kappa shape index (κ3) is 4.19. The molecule has 1 aromatic rings. The molecule has 1 rings (SSSR count). The Balaban J connectivity index is 2.69. The molecular weight excluding hydrogens is 240 g/mol. The van der Waals surface area contributed by atoms with E-state index >= 15 is 0 Å². The fraction of sp³-hybridized carbons (Fsp3) is 0.545. The lowest BCUT2D eigenvalue weighted by atomic mass is 10.2. The van der Waals surface area contributed by atoms with E-state index in [0.29, 0.717) is 17.5 Å². The summed E-state index contributed by atoms with van der Waals surface area (Å²) in [5.74, 6) is 0.572. The van der Waals surface area contributed by atoms with Gasteiger partial charge in [0.2, 0.25) is 5.91 Å². The second-order valence-electron chi connectivity index (χ2n) is 3.55. The molecule has 0 bridgehead atoms. The molecule has 6 heteroatoms. The molecule has 17 heavy (non-hydrogen) atoms. The summed E-state index contributed by atoms with van der Waals surface area (Å²) in [6.07, 6.45) is 3.13. The van der Waals surface area contributed by atoms with Crippen molar-refractivity contribution < 1.29 is 4.79 Å². The standard InChI is InChI=1S/C11H17ClN4O/c1-3-5-8-10(12)15-7-16-11(8)14-6-9(17)13-4-2/h7H,3-6H2,1-2H3,(H,13,17)(H,14,15,16). The summed E-state index contributed by atoms with van der Waals surface area (Å²) >= 11 is 5.99. The minimum absolute atomic E-state index is 0.0651. The van der Waals surface area contributed by atoms with Gasteiger partial charge < -0.3 is 10.6 Å². The highest BCUT2D eigenvalue weighted by molar-refractivity contribution is 6.30. The SMILES string of the molecule is CCCc1c(Cl)ncnc1NCC(=O)NCC. The molecule has 0 unspecified atom stereocenters. The van der Waals surface area contributed by atoms with Gasteiger partial charge in [-0.3, -0.25) is 4.79 Å². The van der Waals surface area contributed by atoms with Crippen molar-refractivity contribution in [3.05, 3.63) is 17.0 Å². The van der Waals surface area contributed by atoms with Crippen LogP contribution in [0.2, 0.25) is 5.15 Å². The fourth-order valence-electron chi connectivity index (χ4n) is 1.44. The first-order chi connectivity index (χ1) is 8.19. The highest BCUT2D eigenvalue weighted by Crippen LogP contribution is 2.20. The van der Waals surface area contributed by atoms with Crippen LogP contribution in [0.4, 0.5) is 5.82 Å². The van der Waals surface area contributed by atoms with Crippen LogP contribution in [-0.2, 0) is 11.2 Å². The molecule has 0 radical (unpaired) electrons. The lowest BCUT2D eigenvalue weighted by molar-refractivity contribution is -0.119. The van der Waals surface area contributed by atoms with Crippen LogP contribution in [0, 0.1) is 0 Å². The summed E-state index contributed by atoms with van der Waals surface area (Å²) in [6.45, 7) is 4.74. The van der Waals surface area contributed by atoms with Crippen molar-refractivity contribution in [3.8, 4) is 0 Å². The zero-order valence-electron chi connectivity index (χ0n) is 10.1. The van der Waals surface area contributed by atoms with Crippen molar-refractivity contribution in [3.63, 3.8) is 0 Å². The Labute approximate surface area is 106 Å². The molecule has 0 aliphatic rings. The van der Waals surface area contributed by atoms with E-state index in [-0.39, 0.29) is 12.5 Å². The molecule has 0 fully saturated rings. The quantitative estimate of drug-likeness (QED) is 0.760. The second-order valence-corrected chi connectivity index (χ2v) is 3.91. The first kappa shape index (κ1) is 13.7. The lowest BCUT2D eigenvalue weighted by Crippen LogP contribution is -2.29. The van der Waals surface area contributed by atoms with E-state index in [9.17, 15) is 4.79 Å². The summed E-state index contributed by atoms with van der Waals surface area (Å²) in [5, 5.41) is 6.12. The molecule has 5 nitrogen and oxygen atoms in total. The zero-order valence-corrected chi connectivity index (χ0v) is 10.8. The van der Waals surface area contributed by atoms with E-state index in [1.165, 1.54) is 6.33 Å². The molecule has 0 aliphatic carbocycles. The van der Waals surface area contributed by atoms with Gasteiger partial charge in [0.1, 0.15) is 17.3 Å². The summed E-state index contributed by atoms with van der Waals surface area (Å²) in [7, 11) is 0. The van der Waals surface area contributed by atoms with Crippen molar-refractivity contribution in [2.45, 2.75) is 26.7 Å². The predicted octanol–water partition coefficient (Wildman–Crippen LogP) is 1.63. The molecule has 1 amide bonds. The molecule has 94 valence electrons. The number of amides is 1. The van der Waals surface area contributed by atoms with Gasteiger partial charge in [-0.15, -0.1) is 0 Å². The Hall–Kier alpha value is -1.36. The number of rotatable bonds is 6. The molecular formula is C11H17ClN4O. The van der Waals surface area contributed by atoms with Crippen molar-refractivity contribution >= 4 is 23.3 Å². The van der Waals surface area contributed by atoms with Gasteiger partial charge in [-0.05, 0) is 13.3 Å². The first-order valence-corrected chi connectivity index (χ1v) is 6.06. The summed E-state index contributed by atoms with van der Waals surface area (Å²) < 4.78 is 0. The van der Waals surface area contributed by atoms with E-state index < -0.39 is 0 Å². The highest BCUT2D eigenvalue weighted by atomic mass is 35.5. The maximum atomic E-state index is 11.3. The van der Waals surface area contributed by atoms with Gasteiger partial charge in [0.05, 0.1) is 6.54 Å². The number of carbonyl (C=O) groups is 1. The van der Waals surface area contributed by atoms with Gasteiger partial charge in [0, 0.05) is 12.1 Å². The molecule has 0 atom stereocenters. The molecule has 1 aromatic heterocycles. The maximum absolute atomic E-state index is 11.3. The van der Waals surface area contributed by atoms with Crippen molar-refractivity contribution in [2.75, 3.05) is 18.4 Å². The van der Waals surface area contributed by atoms with E-state index in [1.807, 2.05) is 6.92 Å². The van der Waals surface area contributed by atoms with Crippen LogP contribution in [-0.4, -0.2) is 29.0 Å². The van der Waals surface area contributed by atoms with Gasteiger partial charge in [-0.2, -0.15) is 0 Å². The Bertz CT molecular complexity index is 384. The van der Waals surface area contributed by atoms with Crippen LogP contribution in [0.25, 0.3) is 0 Å². The molecule has 0 spiro atoms. The summed E-state index contributed by atoms with van der Waals surface area (Å²) in [6, 6.07) is 0. The number of hydrogen-bond donors (Lipinski definition) is 2. The smallest absolute Gasteiger partial charge is 0.239 e. The largest absolute Gasteiger partial charge is 0.361 e. The van der Waals surface area contributed by atoms with Crippen LogP contribution >= 0.6 is 11.6 Å². The minimum atomic E-state index is -0.0651. The van der Waals surface area contributed by atoms with Gasteiger partial charge in [-0.25, -0.2) is 9.97 Å². The van der Waals surface area contributed by atoms with Crippen LogP contribution in [0.3, 0.4) is 0 Å². The predicted molar refractivity (Wildman–Crippen MR) is 68.2 cm³/mol. The number of likely N-dealkylation sites (N-methyl/N-ethyl adjacent to an activating group) is 1. The Morgan fingerprint density at radius 2 is 2.18 bits per heavy atom. The zero-order chi connectivity index (χ0) is 12.7. The number of aromatic nitrogens is 2. The Kier molecular flexibility index (Phi) is 5.69. The molecule has 0 aromatic carbocycles. The van der Waals surface area contributed by atoms with E-state index in [0.717, 1.165) is 18.4 Å². The van der Waals surface area contributed by atoms with E-state index in [1.54, 1.807) is 0 Å². The number of hydrogen-bond acceptors (Lipinski definition) is 4. The van der Waals surface area contributed by atoms with Crippen LogP contribution in [0.5, 0.6) is 0 Å². The summed E-state index contributed by atoms with van der Waals surface area (Å²) in [5.41, 5.74) is 0.862. The monoisotopic (exact) mass is 256 g/mol.